The number of rotatable bonds is 2. The van der Waals surface area contributed by atoms with Gasteiger partial charge in [0.25, 0.3) is 5.56 Å². The topological polar surface area (TPSA) is 57.8 Å². The lowest BCUT2D eigenvalue weighted by atomic mass is 9.78. The average molecular weight is 214 g/mol. The van der Waals surface area contributed by atoms with Crippen LogP contribution in [0.1, 0.15) is 26.2 Å². The van der Waals surface area contributed by atoms with E-state index >= 15 is 0 Å². The Hall–Kier alpha value is -1.03. The summed E-state index contributed by atoms with van der Waals surface area (Å²) in [5.41, 5.74) is 0.358. The largest absolute Gasteiger partial charge is 0.377 e. The van der Waals surface area contributed by atoms with Crippen molar-refractivity contribution in [3.05, 3.63) is 21.6 Å². The molecule has 0 saturated heterocycles. The first kappa shape index (κ1) is 9.52. The van der Waals surface area contributed by atoms with E-state index in [1.807, 2.05) is 0 Å². The lowest BCUT2D eigenvalue weighted by Gasteiger charge is -2.40. The summed E-state index contributed by atoms with van der Waals surface area (Å²) in [7, 11) is 0. The van der Waals surface area contributed by atoms with Gasteiger partial charge < -0.3 is 5.32 Å². The van der Waals surface area contributed by atoms with Crippen molar-refractivity contribution in [2.45, 2.75) is 31.7 Å². The van der Waals surface area contributed by atoms with Gasteiger partial charge in [-0.1, -0.05) is 11.6 Å². The summed E-state index contributed by atoms with van der Waals surface area (Å²) in [6.45, 7) is 2.12. The lowest BCUT2D eigenvalue weighted by Crippen LogP contribution is -2.42. The van der Waals surface area contributed by atoms with Crippen molar-refractivity contribution >= 4 is 17.3 Å². The molecule has 1 aromatic heterocycles. The van der Waals surface area contributed by atoms with Gasteiger partial charge in [-0.2, -0.15) is 5.10 Å². The first-order valence-electron chi connectivity index (χ1n) is 4.62. The van der Waals surface area contributed by atoms with E-state index in [1.54, 1.807) is 6.20 Å². The highest BCUT2D eigenvalue weighted by Crippen LogP contribution is 2.35. The second-order valence-electron chi connectivity index (χ2n) is 3.97. The second-order valence-corrected chi connectivity index (χ2v) is 4.34. The molecule has 14 heavy (non-hydrogen) atoms. The molecule has 1 saturated carbocycles. The van der Waals surface area contributed by atoms with Gasteiger partial charge >= 0.3 is 0 Å². The average Bonchev–Trinajstić information content (AvgIpc) is 2.10. The normalized spacial score (nSPS) is 18.7. The van der Waals surface area contributed by atoms with Crippen molar-refractivity contribution in [3.8, 4) is 0 Å². The molecule has 1 aliphatic carbocycles. The van der Waals surface area contributed by atoms with E-state index < -0.39 is 0 Å². The lowest BCUT2D eigenvalue weighted by molar-refractivity contribution is 0.306. The first-order chi connectivity index (χ1) is 6.61. The zero-order valence-electron chi connectivity index (χ0n) is 7.93. The summed E-state index contributed by atoms with van der Waals surface area (Å²) in [6.07, 6.45) is 4.98. The third kappa shape index (κ3) is 1.62. The fourth-order valence-corrected chi connectivity index (χ4v) is 1.77. The molecule has 2 rings (SSSR count). The SMILES string of the molecule is CC1(Nc2cn[nH]c(=O)c2Cl)CCC1. The molecule has 0 bridgehead atoms. The van der Waals surface area contributed by atoms with Gasteiger partial charge in [0.15, 0.2) is 0 Å². The Bertz CT molecular complexity index is 397. The number of H-pyrrole nitrogens is 1. The summed E-state index contributed by atoms with van der Waals surface area (Å²) in [5, 5.41) is 9.42. The third-order valence-corrected chi connectivity index (χ3v) is 3.06. The van der Waals surface area contributed by atoms with Crippen molar-refractivity contribution in [1.29, 1.82) is 0 Å². The molecular weight excluding hydrogens is 202 g/mol. The Kier molecular flexibility index (Phi) is 2.23. The zero-order valence-corrected chi connectivity index (χ0v) is 8.69. The summed E-state index contributed by atoms with van der Waals surface area (Å²) >= 11 is 5.83. The molecule has 1 aliphatic rings. The highest BCUT2D eigenvalue weighted by molar-refractivity contribution is 6.32. The molecule has 1 fully saturated rings. The van der Waals surface area contributed by atoms with E-state index in [4.69, 9.17) is 11.6 Å². The summed E-state index contributed by atoms with van der Waals surface area (Å²) < 4.78 is 0. The quantitative estimate of drug-likeness (QED) is 0.788. The van der Waals surface area contributed by atoms with E-state index in [2.05, 4.69) is 22.4 Å². The molecule has 2 N–H and O–H groups in total. The minimum Gasteiger partial charge on any atom is -0.377 e. The molecule has 0 aliphatic heterocycles. The zero-order chi connectivity index (χ0) is 10.2. The van der Waals surface area contributed by atoms with Crippen LogP contribution in [0.3, 0.4) is 0 Å². The number of hydrogen-bond donors (Lipinski definition) is 2. The van der Waals surface area contributed by atoms with Crippen LogP contribution in [0.25, 0.3) is 0 Å². The van der Waals surface area contributed by atoms with Gasteiger partial charge in [0.1, 0.15) is 5.02 Å². The van der Waals surface area contributed by atoms with Gasteiger partial charge in [0, 0.05) is 5.54 Å². The highest BCUT2D eigenvalue weighted by Gasteiger charge is 2.32. The van der Waals surface area contributed by atoms with Crippen molar-refractivity contribution < 1.29 is 0 Å². The van der Waals surface area contributed by atoms with E-state index in [9.17, 15) is 4.79 Å². The number of nitrogens with one attached hydrogen (secondary N) is 2. The molecule has 5 heteroatoms. The van der Waals surface area contributed by atoms with Crippen LogP contribution in [0, 0.1) is 0 Å². The maximum Gasteiger partial charge on any atom is 0.285 e. The van der Waals surface area contributed by atoms with Crippen molar-refractivity contribution in [3.63, 3.8) is 0 Å². The Balaban J connectivity index is 2.24. The first-order valence-corrected chi connectivity index (χ1v) is 5.00. The summed E-state index contributed by atoms with van der Waals surface area (Å²) in [6, 6.07) is 0. The molecule has 0 radical (unpaired) electrons. The van der Waals surface area contributed by atoms with Crippen LogP contribution >= 0.6 is 11.6 Å². The number of aromatic amines is 1. The molecule has 4 nitrogen and oxygen atoms in total. The Morgan fingerprint density at radius 1 is 1.64 bits per heavy atom. The van der Waals surface area contributed by atoms with Gasteiger partial charge in [0.05, 0.1) is 11.9 Å². The summed E-state index contributed by atoms with van der Waals surface area (Å²) in [5.74, 6) is 0. The minimum atomic E-state index is -0.348. The van der Waals surface area contributed by atoms with E-state index in [0.717, 1.165) is 12.8 Å². The fraction of sp³-hybridized carbons (Fsp3) is 0.556. The van der Waals surface area contributed by atoms with Crippen LogP contribution < -0.4 is 10.9 Å². The molecular formula is C9H12ClN3O. The number of aromatic nitrogens is 2. The molecule has 0 amide bonds. The van der Waals surface area contributed by atoms with Crippen molar-refractivity contribution in [2.75, 3.05) is 5.32 Å². The van der Waals surface area contributed by atoms with Crippen molar-refractivity contribution in [2.24, 2.45) is 0 Å². The predicted molar refractivity (Wildman–Crippen MR) is 55.7 cm³/mol. The van der Waals surface area contributed by atoms with Crippen LogP contribution in [-0.4, -0.2) is 15.7 Å². The van der Waals surface area contributed by atoms with Crippen molar-refractivity contribution in [1.82, 2.24) is 10.2 Å². The number of hydrogen-bond acceptors (Lipinski definition) is 3. The molecule has 0 aromatic carbocycles. The van der Waals surface area contributed by atoms with Gasteiger partial charge in [-0.25, -0.2) is 5.10 Å². The number of halogens is 1. The van der Waals surface area contributed by atoms with E-state index in [1.165, 1.54) is 6.42 Å². The van der Waals surface area contributed by atoms with Crippen LogP contribution in [0.4, 0.5) is 5.69 Å². The smallest absolute Gasteiger partial charge is 0.285 e. The highest BCUT2D eigenvalue weighted by atomic mass is 35.5. The Morgan fingerprint density at radius 3 is 2.93 bits per heavy atom. The molecule has 0 unspecified atom stereocenters. The van der Waals surface area contributed by atoms with Crippen LogP contribution in [-0.2, 0) is 0 Å². The maximum absolute atomic E-state index is 11.1. The summed E-state index contributed by atoms with van der Waals surface area (Å²) in [4.78, 5) is 11.1. The van der Waals surface area contributed by atoms with Gasteiger partial charge in [-0.15, -0.1) is 0 Å². The molecule has 0 atom stereocenters. The number of anilines is 1. The monoisotopic (exact) mass is 213 g/mol. The predicted octanol–water partition coefficient (Wildman–Crippen LogP) is 1.78. The van der Waals surface area contributed by atoms with Gasteiger partial charge in [0.2, 0.25) is 0 Å². The van der Waals surface area contributed by atoms with Crippen LogP contribution in [0.2, 0.25) is 5.02 Å². The van der Waals surface area contributed by atoms with Gasteiger partial charge in [-0.3, -0.25) is 4.79 Å². The standard InChI is InChI=1S/C9H12ClN3O/c1-9(3-2-4-9)12-6-5-11-13-8(14)7(6)10/h5H,2-4H2,1H3,(H2,12,13,14). The Labute approximate surface area is 86.7 Å². The fourth-order valence-electron chi connectivity index (χ4n) is 1.63. The van der Waals surface area contributed by atoms with E-state index in [0.29, 0.717) is 5.69 Å². The van der Waals surface area contributed by atoms with Crippen LogP contribution in [0.5, 0.6) is 0 Å². The van der Waals surface area contributed by atoms with Crippen LogP contribution in [0.15, 0.2) is 11.0 Å². The molecule has 0 spiro atoms. The minimum absolute atomic E-state index is 0.0825. The second kappa shape index (κ2) is 3.28. The molecule has 1 aromatic rings. The van der Waals surface area contributed by atoms with Gasteiger partial charge in [-0.05, 0) is 26.2 Å². The maximum atomic E-state index is 11.1. The molecule has 1 heterocycles. The number of nitrogens with zero attached hydrogens (tertiary/aromatic N) is 1. The molecule has 76 valence electrons. The third-order valence-electron chi connectivity index (χ3n) is 2.69. The van der Waals surface area contributed by atoms with E-state index in [-0.39, 0.29) is 16.1 Å². The Morgan fingerprint density at radius 2 is 2.36 bits per heavy atom.